The Hall–Kier alpha value is -2.12. The lowest BCUT2D eigenvalue weighted by molar-refractivity contribution is 0.114. The molecule has 1 aliphatic carbocycles. The topological polar surface area (TPSA) is 49.9 Å². The second-order valence-electron chi connectivity index (χ2n) is 7.96. The molecule has 4 rings (SSSR count). The molecule has 2 fully saturated rings. The van der Waals surface area contributed by atoms with Crippen molar-refractivity contribution in [3.63, 3.8) is 0 Å². The van der Waals surface area contributed by atoms with Crippen molar-refractivity contribution >= 4 is 15.7 Å². The smallest absolute Gasteiger partial charge is 0.264 e. The number of nitrogens with zero attached hydrogens (tertiary/aromatic N) is 2. The van der Waals surface area contributed by atoms with E-state index in [2.05, 4.69) is 11.9 Å². The van der Waals surface area contributed by atoms with E-state index < -0.39 is 15.8 Å². The van der Waals surface area contributed by atoms with Crippen LogP contribution < -0.4 is 9.04 Å². The molecule has 0 unspecified atom stereocenters. The van der Waals surface area contributed by atoms with E-state index in [1.807, 2.05) is 0 Å². The van der Waals surface area contributed by atoms with E-state index in [9.17, 15) is 12.8 Å². The molecular formula is C22H27FN2O3S. The van der Waals surface area contributed by atoms with Crippen LogP contribution in [0.1, 0.15) is 32.1 Å². The molecule has 1 saturated carbocycles. The zero-order valence-electron chi connectivity index (χ0n) is 16.6. The fourth-order valence-electron chi connectivity index (χ4n) is 3.88. The lowest BCUT2D eigenvalue weighted by Crippen LogP contribution is -2.44. The van der Waals surface area contributed by atoms with E-state index in [-0.39, 0.29) is 17.0 Å². The van der Waals surface area contributed by atoms with Crippen LogP contribution in [0.3, 0.4) is 0 Å². The van der Waals surface area contributed by atoms with Gasteiger partial charge >= 0.3 is 0 Å². The molecule has 5 nitrogen and oxygen atoms in total. The Labute approximate surface area is 172 Å². The molecule has 0 amide bonds. The summed E-state index contributed by atoms with van der Waals surface area (Å²) < 4.78 is 47.9. The van der Waals surface area contributed by atoms with Crippen molar-refractivity contribution < 1.29 is 17.5 Å². The largest absolute Gasteiger partial charge is 0.490 e. The van der Waals surface area contributed by atoms with Crippen molar-refractivity contribution in [1.29, 1.82) is 0 Å². The molecule has 2 aliphatic rings. The molecule has 0 bridgehead atoms. The van der Waals surface area contributed by atoms with Gasteiger partial charge in [-0.1, -0.05) is 6.07 Å². The van der Waals surface area contributed by atoms with Gasteiger partial charge in [0.2, 0.25) is 0 Å². The van der Waals surface area contributed by atoms with E-state index in [0.717, 1.165) is 45.2 Å². The minimum absolute atomic E-state index is 0.128. The number of ether oxygens (including phenoxy) is 1. The first-order valence-corrected chi connectivity index (χ1v) is 11.6. The van der Waals surface area contributed by atoms with E-state index in [1.165, 1.54) is 16.4 Å². The molecule has 0 aromatic heterocycles. The fraction of sp³-hybridized carbons (Fsp3) is 0.455. The summed E-state index contributed by atoms with van der Waals surface area (Å²) in [5, 5.41) is 0. The fourth-order valence-corrected chi connectivity index (χ4v) is 5.58. The van der Waals surface area contributed by atoms with Crippen LogP contribution in [0.15, 0.2) is 53.4 Å². The number of sulfonamides is 1. The molecule has 2 aromatic carbocycles. The first-order chi connectivity index (χ1) is 13.9. The number of piperidine rings is 1. The molecule has 0 atom stereocenters. The van der Waals surface area contributed by atoms with Crippen LogP contribution in [0.25, 0.3) is 0 Å². The number of hydrogen-bond acceptors (Lipinski definition) is 4. The molecule has 1 aliphatic heterocycles. The molecule has 1 heterocycles. The molecule has 7 heteroatoms. The Morgan fingerprint density at radius 3 is 2.31 bits per heavy atom. The van der Waals surface area contributed by atoms with Gasteiger partial charge in [0, 0.05) is 19.1 Å². The van der Waals surface area contributed by atoms with Gasteiger partial charge in [-0.05, 0) is 81.6 Å². The van der Waals surface area contributed by atoms with Crippen LogP contribution in [0.2, 0.25) is 0 Å². The van der Waals surface area contributed by atoms with Crippen molar-refractivity contribution in [3.8, 4) is 5.75 Å². The third-order valence-corrected chi connectivity index (χ3v) is 7.71. The van der Waals surface area contributed by atoms with Gasteiger partial charge in [0.25, 0.3) is 10.0 Å². The van der Waals surface area contributed by atoms with Crippen LogP contribution in [0.4, 0.5) is 10.1 Å². The van der Waals surface area contributed by atoms with Crippen LogP contribution in [0.5, 0.6) is 5.75 Å². The zero-order valence-corrected chi connectivity index (χ0v) is 17.4. The molecule has 29 heavy (non-hydrogen) atoms. The maximum Gasteiger partial charge on any atom is 0.264 e. The van der Waals surface area contributed by atoms with Gasteiger partial charge in [-0.3, -0.25) is 4.31 Å². The van der Waals surface area contributed by atoms with Gasteiger partial charge in [-0.2, -0.15) is 0 Å². The normalized spacial score (nSPS) is 19.0. The highest BCUT2D eigenvalue weighted by Crippen LogP contribution is 2.35. The van der Waals surface area contributed by atoms with Gasteiger partial charge in [0.05, 0.1) is 10.6 Å². The van der Waals surface area contributed by atoms with Crippen LogP contribution in [-0.2, 0) is 10.0 Å². The van der Waals surface area contributed by atoms with Crippen LogP contribution >= 0.6 is 0 Å². The zero-order chi connectivity index (χ0) is 20.4. The van der Waals surface area contributed by atoms with Gasteiger partial charge in [0.15, 0.2) is 0 Å². The first kappa shape index (κ1) is 20.2. The van der Waals surface area contributed by atoms with Gasteiger partial charge in [0.1, 0.15) is 17.7 Å². The third kappa shape index (κ3) is 4.41. The molecule has 2 aromatic rings. The Morgan fingerprint density at radius 2 is 1.72 bits per heavy atom. The second-order valence-corrected chi connectivity index (χ2v) is 9.77. The molecule has 0 N–H and O–H groups in total. The van der Waals surface area contributed by atoms with E-state index in [1.54, 1.807) is 36.4 Å². The molecule has 156 valence electrons. The third-order valence-electron chi connectivity index (χ3n) is 5.82. The van der Waals surface area contributed by atoms with Gasteiger partial charge < -0.3 is 9.64 Å². The standard InChI is InChI=1S/C22H27FN2O3S/c1-24-14-12-21(13-15-24)28-20-8-10-22(11-9-20)29(26,27)25(18-5-3-6-18)19-7-2-4-17(23)16-19/h2,4,7-11,16,18,21H,3,5-6,12-15H2,1H3. The first-order valence-electron chi connectivity index (χ1n) is 10.2. The van der Waals surface area contributed by atoms with E-state index >= 15 is 0 Å². The van der Waals surface area contributed by atoms with Crippen molar-refractivity contribution in [2.45, 2.75) is 49.1 Å². The molecule has 1 saturated heterocycles. The Balaban J connectivity index is 1.55. The summed E-state index contributed by atoms with van der Waals surface area (Å²) in [6.45, 7) is 2.00. The number of halogens is 1. The SMILES string of the molecule is CN1CCC(Oc2ccc(S(=O)(=O)N(c3cccc(F)c3)C3CCC3)cc2)CC1. The number of hydrogen-bond donors (Lipinski definition) is 0. The van der Waals surface area contributed by atoms with Crippen molar-refractivity contribution in [2.75, 3.05) is 24.4 Å². The quantitative estimate of drug-likeness (QED) is 0.710. The average molecular weight is 419 g/mol. The molecule has 0 spiro atoms. The highest BCUT2D eigenvalue weighted by atomic mass is 32.2. The summed E-state index contributed by atoms with van der Waals surface area (Å²) in [5.74, 6) is 0.239. The minimum atomic E-state index is -3.78. The Kier molecular flexibility index (Phi) is 5.79. The summed E-state index contributed by atoms with van der Waals surface area (Å²) in [7, 11) is -1.68. The minimum Gasteiger partial charge on any atom is -0.490 e. The predicted octanol–water partition coefficient (Wildman–Crippen LogP) is 4.05. The summed E-state index contributed by atoms with van der Waals surface area (Å²) in [6, 6.07) is 12.3. The van der Waals surface area contributed by atoms with E-state index in [4.69, 9.17) is 4.74 Å². The number of benzene rings is 2. The monoisotopic (exact) mass is 418 g/mol. The van der Waals surface area contributed by atoms with Crippen LogP contribution in [0, 0.1) is 5.82 Å². The van der Waals surface area contributed by atoms with Crippen molar-refractivity contribution in [3.05, 3.63) is 54.3 Å². The number of likely N-dealkylation sites (tertiary alicyclic amines) is 1. The summed E-state index contributed by atoms with van der Waals surface area (Å²) in [6.07, 6.45) is 4.64. The number of rotatable bonds is 6. The lowest BCUT2D eigenvalue weighted by Gasteiger charge is -2.38. The highest BCUT2D eigenvalue weighted by molar-refractivity contribution is 7.92. The van der Waals surface area contributed by atoms with Crippen molar-refractivity contribution in [2.24, 2.45) is 0 Å². The van der Waals surface area contributed by atoms with Crippen molar-refractivity contribution in [1.82, 2.24) is 4.90 Å². The molecular weight excluding hydrogens is 391 g/mol. The number of anilines is 1. The lowest BCUT2D eigenvalue weighted by atomic mass is 9.93. The van der Waals surface area contributed by atoms with Gasteiger partial charge in [-0.15, -0.1) is 0 Å². The summed E-state index contributed by atoms with van der Waals surface area (Å²) >= 11 is 0. The second kappa shape index (κ2) is 8.32. The highest BCUT2D eigenvalue weighted by Gasteiger charge is 2.35. The summed E-state index contributed by atoms with van der Waals surface area (Å²) in [4.78, 5) is 2.47. The van der Waals surface area contributed by atoms with Gasteiger partial charge in [-0.25, -0.2) is 12.8 Å². The maximum absolute atomic E-state index is 13.8. The maximum atomic E-state index is 13.8. The predicted molar refractivity (Wildman–Crippen MR) is 111 cm³/mol. The Morgan fingerprint density at radius 1 is 1.03 bits per heavy atom. The molecule has 0 radical (unpaired) electrons. The van der Waals surface area contributed by atoms with E-state index in [0.29, 0.717) is 11.4 Å². The average Bonchev–Trinajstić information content (AvgIpc) is 2.66. The van der Waals surface area contributed by atoms with Crippen LogP contribution in [-0.4, -0.2) is 45.6 Å². The summed E-state index contributed by atoms with van der Waals surface area (Å²) in [5.41, 5.74) is 0.376. The Bertz CT molecular complexity index is 937.